The molecule has 1 N–H and O–H groups in total. The first-order valence-electron chi connectivity index (χ1n) is 8.50. The van der Waals surface area contributed by atoms with E-state index in [1.807, 2.05) is 61.5 Å². The number of nitrogens with zero attached hydrogens (tertiary/aromatic N) is 2. The van der Waals surface area contributed by atoms with Gasteiger partial charge in [0.2, 0.25) is 5.88 Å². The van der Waals surface area contributed by atoms with Crippen LogP contribution in [0.5, 0.6) is 5.88 Å². The van der Waals surface area contributed by atoms with Crippen LogP contribution in [0.4, 0.5) is 0 Å². The lowest BCUT2D eigenvalue weighted by Gasteiger charge is -2.25. The van der Waals surface area contributed by atoms with Crippen LogP contribution in [0, 0.1) is 0 Å². The van der Waals surface area contributed by atoms with Gasteiger partial charge in [0.25, 0.3) is 0 Å². The summed E-state index contributed by atoms with van der Waals surface area (Å²) >= 11 is 12.5. The average Bonchev–Trinajstić information content (AvgIpc) is 2.67. The van der Waals surface area contributed by atoms with Crippen molar-refractivity contribution in [3.8, 4) is 28.3 Å². The first kappa shape index (κ1) is 17.8. The normalized spacial score (nSPS) is 17.4. The zero-order chi connectivity index (χ0) is 19.0. The van der Waals surface area contributed by atoms with Crippen molar-refractivity contribution >= 4 is 28.9 Å². The van der Waals surface area contributed by atoms with Crippen LogP contribution in [0.3, 0.4) is 0 Å². The number of hydrogen-bond acceptors (Lipinski definition) is 4. The van der Waals surface area contributed by atoms with Crippen molar-refractivity contribution in [3.05, 3.63) is 70.2 Å². The summed E-state index contributed by atoms with van der Waals surface area (Å²) in [5, 5.41) is 14.2. The second kappa shape index (κ2) is 7.22. The molecule has 0 radical (unpaired) electrons. The van der Waals surface area contributed by atoms with Crippen LogP contribution >= 0.6 is 23.2 Å². The van der Waals surface area contributed by atoms with E-state index in [0.29, 0.717) is 39.3 Å². The number of rotatable bonds is 2. The molecule has 0 fully saturated rings. The van der Waals surface area contributed by atoms with E-state index < -0.39 is 0 Å². The Balaban J connectivity index is 2.00. The molecule has 0 saturated heterocycles. The number of oxime groups is 1. The summed E-state index contributed by atoms with van der Waals surface area (Å²) in [5.74, 6) is 0.439. The van der Waals surface area contributed by atoms with Crippen LogP contribution in [-0.2, 0) is 0 Å². The molecule has 4 nitrogen and oxygen atoms in total. The minimum Gasteiger partial charge on any atom is -0.474 e. The summed E-state index contributed by atoms with van der Waals surface area (Å²) in [5.41, 5.74) is 4.52. The Bertz CT molecular complexity index is 1030. The number of hydrogen-bond donors (Lipinski definition) is 1. The maximum absolute atomic E-state index is 9.45. The summed E-state index contributed by atoms with van der Waals surface area (Å²) in [7, 11) is 0. The van der Waals surface area contributed by atoms with Gasteiger partial charge in [0, 0.05) is 27.6 Å². The van der Waals surface area contributed by atoms with Gasteiger partial charge in [-0.2, -0.15) is 0 Å². The van der Waals surface area contributed by atoms with Crippen LogP contribution in [-0.4, -0.2) is 22.0 Å². The standard InChI is InChI=1S/C21H16Cl2N2O2/c1-12-10-19(25-26)17-11-16(13-6-8-14(22)9-7-13)20(24-21(17)27-12)15-4-2-3-5-18(15)23/h2-9,11-12,26H,10H2,1H3/b25-19+. The Kier molecular flexibility index (Phi) is 4.77. The third-order valence-corrected chi connectivity index (χ3v) is 5.08. The van der Waals surface area contributed by atoms with Gasteiger partial charge in [-0.1, -0.05) is 58.7 Å². The van der Waals surface area contributed by atoms with Gasteiger partial charge in [-0.3, -0.25) is 0 Å². The molecule has 4 rings (SSSR count). The van der Waals surface area contributed by atoms with Crippen molar-refractivity contribution in [2.75, 3.05) is 0 Å². The molecule has 1 unspecified atom stereocenters. The highest BCUT2D eigenvalue weighted by molar-refractivity contribution is 6.33. The molecule has 2 heterocycles. The van der Waals surface area contributed by atoms with E-state index in [1.54, 1.807) is 0 Å². The van der Waals surface area contributed by atoms with Crippen LogP contribution in [0.2, 0.25) is 10.0 Å². The van der Waals surface area contributed by atoms with Crippen molar-refractivity contribution in [1.29, 1.82) is 0 Å². The summed E-state index contributed by atoms with van der Waals surface area (Å²) in [6, 6.07) is 17.0. The highest BCUT2D eigenvalue weighted by Gasteiger charge is 2.27. The van der Waals surface area contributed by atoms with Crippen LogP contribution in [0.25, 0.3) is 22.4 Å². The number of benzene rings is 2. The molecule has 6 heteroatoms. The molecule has 1 aromatic heterocycles. The fourth-order valence-electron chi connectivity index (χ4n) is 3.21. The number of fused-ring (bicyclic) bond motifs is 1. The SMILES string of the molecule is CC1C/C(=N\O)c2cc(-c3ccc(Cl)cc3)c(-c3ccccc3Cl)nc2O1. The van der Waals surface area contributed by atoms with Crippen molar-refractivity contribution < 1.29 is 9.94 Å². The average molecular weight is 399 g/mol. The Morgan fingerprint density at radius 3 is 2.48 bits per heavy atom. The molecule has 2 aromatic carbocycles. The second-order valence-corrected chi connectivity index (χ2v) is 7.25. The largest absolute Gasteiger partial charge is 0.474 e. The fourth-order valence-corrected chi connectivity index (χ4v) is 3.56. The van der Waals surface area contributed by atoms with Crippen LogP contribution in [0.15, 0.2) is 59.8 Å². The molecule has 1 aliphatic heterocycles. The molecule has 0 aliphatic carbocycles. The number of aromatic nitrogens is 1. The quantitative estimate of drug-likeness (QED) is 0.420. The van der Waals surface area contributed by atoms with Gasteiger partial charge in [0.1, 0.15) is 6.10 Å². The van der Waals surface area contributed by atoms with E-state index in [1.165, 1.54) is 0 Å². The smallest absolute Gasteiger partial charge is 0.223 e. The molecule has 0 bridgehead atoms. The summed E-state index contributed by atoms with van der Waals surface area (Å²) in [6.07, 6.45) is 0.382. The Labute approximate surface area is 167 Å². The molecular weight excluding hydrogens is 383 g/mol. The third kappa shape index (κ3) is 3.38. The monoisotopic (exact) mass is 398 g/mol. The van der Waals surface area contributed by atoms with Gasteiger partial charge < -0.3 is 9.94 Å². The van der Waals surface area contributed by atoms with E-state index in [4.69, 9.17) is 32.9 Å². The van der Waals surface area contributed by atoms with Gasteiger partial charge in [-0.25, -0.2) is 4.98 Å². The van der Waals surface area contributed by atoms with Crippen molar-refractivity contribution in [2.24, 2.45) is 5.16 Å². The second-order valence-electron chi connectivity index (χ2n) is 6.40. The summed E-state index contributed by atoms with van der Waals surface area (Å²) in [4.78, 5) is 4.76. The molecule has 0 amide bonds. The Morgan fingerprint density at radius 2 is 1.78 bits per heavy atom. The number of halogens is 2. The summed E-state index contributed by atoms with van der Waals surface area (Å²) in [6.45, 7) is 1.91. The van der Waals surface area contributed by atoms with Gasteiger partial charge in [0.05, 0.1) is 17.0 Å². The zero-order valence-electron chi connectivity index (χ0n) is 14.5. The molecule has 0 saturated carbocycles. The highest BCUT2D eigenvalue weighted by Crippen LogP contribution is 2.39. The van der Waals surface area contributed by atoms with Gasteiger partial charge in [0.15, 0.2) is 0 Å². The van der Waals surface area contributed by atoms with E-state index in [9.17, 15) is 5.21 Å². The van der Waals surface area contributed by atoms with Gasteiger partial charge in [-0.05, 0) is 36.8 Å². The number of ether oxygens (including phenoxy) is 1. The first-order valence-corrected chi connectivity index (χ1v) is 9.26. The third-order valence-electron chi connectivity index (χ3n) is 4.50. The topological polar surface area (TPSA) is 54.7 Å². The Morgan fingerprint density at radius 1 is 1.04 bits per heavy atom. The van der Waals surface area contributed by atoms with Gasteiger partial charge >= 0.3 is 0 Å². The lowest BCUT2D eigenvalue weighted by molar-refractivity contribution is 0.209. The molecule has 1 atom stereocenters. The predicted molar refractivity (Wildman–Crippen MR) is 108 cm³/mol. The summed E-state index contributed by atoms with van der Waals surface area (Å²) < 4.78 is 5.91. The molecular formula is C21H16Cl2N2O2. The lowest BCUT2D eigenvalue weighted by Crippen LogP contribution is -2.25. The molecule has 3 aromatic rings. The van der Waals surface area contributed by atoms with Crippen LogP contribution < -0.4 is 4.74 Å². The molecule has 136 valence electrons. The van der Waals surface area contributed by atoms with Crippen molar-refractivity contribution in [1.82, 2.24) is 4.98 Å². The van der Waals surface area contributed by atoms with Gasteiger partial charge in [-0.15, -0.1) is 0 Å². The first-order chi connectivity index (χ1) is 13.1. The molecule has 0 spiro atoms. The van der Waals surface area contributed by atoms with E-state index in [-0.39, 0.29) is 6.10 Å². The molecule has 1 aliphatic rings. The van der Waals surface area contributed by atoms with Crippen molar-refractivity contribution in [2.45, 2.75) is 19.4 Å². The lowest BCUT2D eigenvalue weighted by atomic mass is 9.94. The molecule has 27 heavy (non-hydrogen) atoms. The minimum atomic E-state index is -0.128. The minimum absolute atomic E-state index is 0.128. The van der Waals surface area contributed by atoms with Crippen LogP contribution in [0.1, 0.15) is 18.9 Å². The Hall–Kier alpha value is -2.56. The maximum Gasteiger partial charge on any atom is 0.223 e. The van der Waals surface area contributed by atoms with E-state index >= 15 is 0 Å². The van der Waals surface area contributed by atoms with E-state index in [0.717, 1.165) is 16.7 Å². The highest BCUT2D eigenvalue weighted by atomic mass is 35.5. The fraction of sp³-hybridized carbons (Fsp3) is 0.143. The van der Waals surface area contributed by atoms with E-state index in [2.05, 4.69) is 5.16 Å². The zero-order valence-corrected chi connectivity index (χ0v) is 16.0. The number of pyridine rings is 1. The van der Waals surface area contributed by atoms with Crippen molar-refractivity contribution in [3.63, 3.8) is 0 Å². The predicted octanol–water partition coefficient (Wildman–Crippen LogP) is 6.07. The maximum atomic E-state index is 9.45.